The van der Waals surface area contributed by atoms with Crippen molar-refractivity contribution in [2.45, 2.75) is 39.2 Å². The van der Waals surface area contributed by atoms with Crippen molar-refractivity contribution in [1.82, 2.24) is 14.5 Å². The molecule has 0 bridgehead atoms. The predicted molar refractivity (Wildman–Crippen MR) is 303 cm³/mol. The van der Waals surface area contributed by atoms with Crippen LogP contribution >= 0.6 is 0 Å². The molecule has 0 aliphatic heterocycles. The lowest BCUT2D eigenvalue weighted by Crippen LogP contribution is -1.97. The third kappa shape index (κ3) is 10.2. The lowest BCUT2D eigenvalue weighted by Gasteiger charge is -2.10. The summed E-state index contributed by atoms with van der Waals surface area (Å²) in [6.45, 7) is 3.29. The molecule has 0 saturated carbocycles. The molecule has 8 aromatic carbocycles. The van der Waals surface area contributed by atoms with Gasteiger partial charge in [-0.15, -0.1) is 0 Å². The zero-order valence-corrected chi connectivity index (χ0v) is 40.1. The molecule has 0 aliphatic rings. The van der Waals surface area contributed by atoms with Gasteiger partial charge in [-0.3, -0.25) is 0 Å². The van der Waals surface area contributed by atoms with Crippen LogP contribution in [0.3, 0.4) is 0 Å². The molecule has 0 radical (unpaired) electrons. The van der Waals surface area contributed by atoms with Gasteiger partial charge in [-0.25, -0.2) is 9.97 Å². The Kier molecular flexibility index (Phi) is 13.2. The summed E-state index contributed by atoms with van der Waals surface area (Å²) in [7, 11) is 0. The first-order valence-corrected chi connectivity index (χ1v) is 25.0. The molecular formula is C68H55N3. The van der Waals surface area contributed by atoms with E-state index in [1.807, 2.05) is 24.3 Å². The number of benzene rings is 8. The van der Waals surface area contributed by atoms with Gasteiger partial charge in [-0.05, 0) is 99.5 Å². The maximum absolute atomic E-state index is 5.08. The molecule has 3 aromatic heterocycles. The second-order valence-electron chi connectivity index (χ2n) is 18.4. The Morgan fingerprint density at radius 3 is 1.00 bits per heavy atom. The van der Waals surface area contributed by atoms with Crippen LogP contribution in [0.1, 0.15) is 54.9 Å². The number of hydrogen-bond donors (Lipinski definition) is 0. The number of hydrogen-bond acceptors (Lipinski definition) is 2. The van der Waals surface area contributed by atoms with Crippen LogP contribution in [0, 0.1) is 0 Å². The predicted octanol–water partition coefficient (Wildman–Crippen LogP) is 18.5. The van der Waals surface area contributed by atoms with Crippen LogP contribution in [-0.2, 0) is 6.54 Å². The number of rotatable bonds is 15. The Hall–Kier alpha value is -8.66. The minimum Gasteiger partial charge on any atom is -0.340 e. The largest absolute Gasteiger partial charge is 0.340 e. The highest BCUT2D eigenvalue weighted by Gasteiger charge is 2.14. The molecule has 0 N–H and O–H groups in total. The van der Waals surface area contributed by atoms with E-state index in [-0.39, 0.29) is 0 Å². The van der Waals surface area contributed by atoms with Gasteiger partial charge in [0.1, 0.15) is 0 Å². The molecule has 0 atom stereocenters. The summed E-state index contributed by atoms with van der Waals surface area (Å²) in [4.78, 5) is 10.2. The average Bonchev–Trinajstić information content (AvgIpc) is 3.75. The maximum atomic E-state index is 5.08. The van der Waals surface area contributed by atoms with E-state index in [4.69, 9.17) is 9.97 Å². The van der Waals surface area contributed by atoms with Crippen LogP contribution in [0.25, 0.3) is 113 Å². The molecule has 342 valence electrons. The average molecular weight is 914 g/mol. The number of aromatic nitrogens is 3. The molecular weight excluding hydrogens is 859 g/mol. The molecule has 0 fully saturated rings. The molecule has 0 spiro atoms. The molecule has 3 nitrogen and oxygen atoms in total. The van der Waals surface area contributed by atoms with Crippen molar-refractivity contribution in [3.05, 3.63) is 253 Å². The van der Waals surface area contributed by atoms with Gasteiger partial charge in [0.2, 0.25) is 0 Å². The Labute approximate surface area is 417 Å². The van der Waals surface area contributed by atoms with E-state index in [9.17, 15) is 0 Å². The summed E-state index contributed by atoms with van der Waals surface area (Å²) in [5, 5.41) is 2.58. The molecule has 11 rings (SSSR count). The van der Waals surface area contributed by atoms with Gasteiger partial charge in [0, 0.05) is 50.6 Å². The van der Waals surface area contributed by atoms with Crippen molar-refractivity contribution in [3.63, 3.8) is 0 Å². The summed E-state index contributed by atoms with van der Waals surface area (Å²) in [6, 6.07) is 82.2. The molecule has 0 unspecified atom stereocenters. The number of nitrogens with zero attached hydrogens (tertiary/aromatic N) is 3. The fourth-order valence-electron chi connectivity index (χ4n) is 9.66. The van der Waals surface area contributed by atoms with Crippen molar-refractivity contribution in [1.29, 1.82) is 0 Å². The van der Waals surface area contributed by atoms with Gasteiger partial charge in [0.05, 0.1) is 22.8 Å². The summed E-state index contributed by atoms with van der Waals surface area (Å²) in [5.41, 5.74) is 20.2. The maximum Gasteiger partial charge on any atom is 0.0715 e. The van der Waals surface area contributed by atoms with E-state index in [2.05, 4.69) is 242 Å². The van der Waals surface area contributed by atoms with Crippen molar-refractivity contribution < 1.29 is 0 Å². The summed E-state index contributed by atoms with van der Waals surface area (Å²) in [6.07, 6.45) is 13.9. The Morgan fingerprint density at radius 2 is 0.648 bits per heavy atom. The van der Waals surface area contributed by atoms with Crippen LogP contribution in [-0.4, -0.2) is 14.5 Å². The topological polar surface area (TPSA) is 30.7 Å². The van der Waals surface area contributed by atoms with Crippen LogP contribution in [0.2, 0.25) is 0 Å². The van der Waals surface area contributed by atoms with E-state index in [0.29, 0.717) is 0 Å². The first-order valence-electron chi connectivity index (χ1n) is 25.0. The highest BCUT2D eigenvalue weighted by Crippen LogP contribution is 2.35. The Bertz CT molecular complexity index is 3270. The number of fused-ring (bicyclic) bond motifs is 3. The van der Waals surface area contributed by atoms with Crippen molar-refractivity contribution in [2.24, 2.45) is 0 Å². The van der Waals surface area contributed by atoms with E-state index in [1.165, 1.54) is 58.6 Å². The number of pyridine rings is 2. The van der Waals surface area contributed by atoms with Gasteiger partial charge in [0.15, 0.2) is 0 Å². The van der Waals surface area contributed by atoms with Crippen LogP contribution < -0.4 is 0 Å². The fourth-order valence-corrected chi connectivity index (χ4v) is 9.66. The number of unbranched alkanes of at least 4 members (excludes halogenated alkanes) is 3. The van der Waals surface area contributed by atoms with Gasteiger partial charge in [-0.1, -0.05) is 232 Å². The second kappa shape index (κ2) is 20.9. The van der Waals surface area contributed by atoms with E-state index in [1.54, 1.807) is 0 Å². The van der Waals surface area contributed by atoms with Gasteiger partial charge in [0.25, 0.3) is 0 Å². The van der Waals surface area contributed by atoms with E-state index in [0.717, 1.165) is 85.0 Å². The molecule has 3 heterocycles. The summed E-state index contributed by atoms with van der Waals surface area (Å²) in [5.74, 6) is 0. The minimum absolute atomic E-state index is 0.968. The quantitative estimate of drug-likeness (QED) is 0.0758. The van der Waals surface area contributed by atoms with E-state index >= 15 is 0 Å². The van der Waals surface area contributed by atoms with Gasteiger partial charge >= 0.3 is 0 Å². The smallest absolute Gasteiger partial charge is 0.0715 e. The standard InChI is InChI=1S/C68H55N3/c1-2-3-4-17-42-71-67-40-34-51(28-26-49-30-36-53(37-31-49)59-45-63(55-18-9-5-10-19-55)69-64(46-59)56-20-11-6-12-21-56)43-61(67)62-44-52(35-41-68(62)71)29-27-50-32-38-54(39-33-50)60-47-65(57-22-13-7-14-23-57)70-66(48-60)58-24-15-8-16-25-58/h5-16,18-41,43-48H,2-4,17,42H2,1H3/b28-26+,29-27+. The van der Waals surface area contributed by atoms with Crippen LogP contribution in [0.4, 0.5) is 0 Å². The zero-order chi connectivity index (χ0) is 47.8. The first kappa shape index (κ1) is 44.8. The van der Waals surface area contributed by atoms with Crippen molar-refractivity contribution >= 4 is 46.1 Å². The first-order chi connectivity index (χ1) is 35.1. The highest BCUT2D eigenvalue weighted by molar-refractivity contribution is 6.09. The van der Waals surface area contributed by atoms with Gasteiger partial charge < -0.3 is 4.57 Å². The van der Waals surface area contributed by atoms with Crippen LogP contribution in [0.5, 0.6) is 0 Å². The normalized spacial score (nSPS) is 11.6. The fraction of sp³-hybridized carbons (Fsp3) is 0.0882. The lowest BCUT2D eigenvalue weighted by molar-refractivity contribution is 0.602. The van der Waals surface area contributed by atoms with Crippen molar-refractivity contribution in [2.75, 3.05) is 0 Å². The molecule has 71 heavy (non-hydrogen) atoms. The zero-order valence-electron chi connectivity index (χ0n) is 40.1. The summed E-state index contributed by atoms with van der Waals surface area (Å²) < 4.78 is 2.54. The minimum atomic E-state index is 0.968. The lowest BCUT2D eigenvalue weighted by atomic mass is 9.99. The molecule has 3 heteroatoms. The highest BCUT2D eigenvalue weighted by atomic mass is 15.0. The number of aryl methyl sites for hydroxylation is 1. The van der Waals surface area contributed by atoms with Crippen molar-refractivity contribution in [3.8, 4) is 67.3 Å². The molecule has 0 aliphatic carbocycles. The van der Waals surface area contributed by atoms with E-state index < -0.39 is 0 Å². The Morgan fingerprint density at radius 1 is 0.310 bits per heavy atom. The summed E-state index contributed by atoms with van der Waals surface area (Å²) >= 11 is 0. The molecule has 0 saturated heterocycles. The molecule has 0 amide bonds. The third-order valence-electron chi connectivity index (χ3n) is 13.5. The third-order valence-corrected chi connectivity index (χ3v) is 13.5. The van der Waals surface area contributed by atoms with Gasteiger partial charge in [-0.2, -0.15) is 0 Å². The Balaban J connectivity index is 0.862. The van der Waals surface area contributed by atoms with Crippen LogP contribution in [0.15, 0.2) is 231 Å². The SMILES string of the molecule is CCCCCCn1c2ccc(/C=C/c3ccc(-c4cc(-c5ccccc5)nc(-c5ccccc5)c4)cc3)cc2c2cc(/C=C/c3ccc(-c4cc(-c5ccccc5)nc(-c5ccccc5)c4)cc3)ccc21. The molecule has 11 aromatic rings. The monoisotopic (exact) mass is 913 g/mol. The second-order valence-corrected chi connectivity index (χ2v) is 18.4.